The van der Waals surface area contributed by atoms with Gasteiger partial charge in [0, 0.05) is 11.8 Å². The number of fused-ring (bicyclic) bond motifs is 5. The molecule has 4 atom stereocenters. The van der Waals surface area contributed by atoms with Gasteiger partial charge in [0.15, 0.2) is 0 Å². The van der Waals surface area contributed by atoms with Crippen molar-refractivity contribution in [2.75, 3.05) is 6.61 Å². The fourth-order valence-electron chi connectivity index (χ4n) is 6.36. The Morgan fingerprint density at radius 3 is 2.93 bits per heavy atom. The zero-order valence-corrected chi connectivity index (χ0v) is 16.4. The van der Waals surface area contributed by atoms with Crippen molar-refractivity contribution < 1.29 is 9.53 Å². The molecular formula is C25H30O2. The normalized spacial score (nSPS) is 34.5. The molecule has 0 N–H and O–H groups in total. The van der Waals surface area contributed by atoms with E-state index in [1.807, 2.05) is 0 Å². The van der Waals surface area contributed by atoms with Crippen LogP contribution >= 0.6 is 0 Å². The maximum Gasteiger partial charge on any atom is 0.139 e. The summed E-state index contributed by atoms with van der Waals surface area (Å²) in [4.78, 5) is 12.5. The van der Waals surface area contributed by atoms with Crippen LogP contribution in [0.25, 0.3) is 0 Å². The van der Waals surface area contributed by atoms with Gasteiger partial charge in [-0.3, -0.25) is 4.79 Å². The Morgan fingerprint density at radius 2 is 2.07 bits per heavy atom. The molecule has 27 heavy (non-hydrogen) atoms. The summed E-state index contributed by atoms with van der Waals surface area (Å²) in [5.74, 6) is 3.50. The lowest BCUT2D eigenvalue weighted by Crippen LogP contribution is -2.42. The third-order valence-electron chi connectivity index (χ3n) is 7.88. The fourth-order valence-corrected chi connectivity index (χ4v) is 6.36. The van der Waals surface area contributed by atoms with Gasteiger partial charge in [0.05, 0.1) is 0 Å². The summed E-state index contributed by atoms with van der Waals surface area (Å²) in [6.07, 6.45) is 15.5. The molecule has 0 amide bonds. The van der Waals surface area contributed by atoms with Gasteiger partial charge in [-0.2, -0.15) is 0 Å². The fraction of sp³-hybridized carbons (Fsp3) is 0.560. The van der Waals surface area contributed by atoms with Crippen LogP contribution in [0.4, 0.5) is 0 Å². The molecule has 2 fully saturated rings. The standard InChI is InChI=1S/C25H30O2/c1-25-14-13-21-20-10-8-19(27-16-17-5-3-2-4-6-17)15-18(20)7-9-22(21)23(25)11-12-24(25)26/h3,5-6,8,10,15,21-23H,2,4,7,9,11-14,16H2,1H3. The summed E-state index contributed by atoms with van der Waals surface area (Å²) in [7, 11) is 0. The number of ether oxygens (including phenoxy) is 1. The number of rotatable bonds is 3. The molecule has 2 saturated carbocycles. The Labute approximate surface area is 162 Å². The number of hydrogen-bond acceptors (Lipinski definition) is 2. The van der Waals surface area contributed by atoms with Gasteiger partial charge >= 0.3 is 0 Å². The Morgan fingerprint density at radius 1 is 1.15 bits per heavy atom. The van der Waals surface area contributed by atoms with Gasteiger partial charge in [-0.15, -0.1) is 0 Å². The van der Waals surface area contributed by atoms with Gasteiger partial charge in [0.25, 0.3) is 0 Å². The summed E-state index contributed by atoms with van der Waals surface area (Å²) in [6, 6.07) is 6.78. The molecule has 0 aromatic heterocycles. The molecule has 0 bridgehead atoms. The van der Waals surface area contributed by atoms with Crippen molar-refractivity contribution in [2.24, 2.45) is 17.3 Å². The Kier molecular flexibility index (Phi) is 4.26. The minimum atomic E-state index is -0.0248. The van der Waals surface area contributed by atoms with E-state index in [0.29, 0.717) is 30.1 Å². The van der Waals surface area contributed by atoms with E-state index >= 15 is 0 Å². The van der Waals surface area contributed by atoms with E-state index in [9.17, 15) is 4.79 Å². The first-order chi connectivity index (χ1) is 13.1. The van der Waals surface area contributed by atoms with Gasteiger partial charge in [-0.1, -0.05) is 31.2 Å². The van der Waals surface area contributed by atoms with Crippen molar-refractivity contribution >= 4 is 5.78 Å². The van der Waals surface area contributed by atoms with Crippen LogP contribution in [-0.2, 0) is 11.2 Å². The van der Waals surface area contributed by atoms with Gasteiger partial charge in [0.1, 0.15) is 18.1 Å². The van der Waals surface area contributed by atoms with Gasteiger partial charge in [0.2, 0.25) is 0 Å². The van der Waals surface area contributed by atoms with Crippen LogP contribution in [0.5, 0.6) is 5.75 Å². The molecule has 0 radical (unpaired) electrons. The van der Waals surface area contributed by atoms with E-state index in [4.69, 9.17) is 4.74 Å². The largest absolute Gasteiger partial charge is 0.489 e. The summed E-state index contributed by atoms with van der Waals surface area (Å²) in [6.45, 7) is 2.92. The van der Waals surface area contributed by atoms with E-state index in [-0.39, 0.29) is 5.41 Å². The maximum atomic E-state index is 12.5. The van der Waals surface area contributed by atoms with Crippen LogP contribution in [0.1, 0.15) is 68.9 Å². The van der Waals surface area contributed by atoms with Crippen LogP contribution in [0.15, 0.2) is 42.0 Å². The average molecular weight is 363 g/mol. The molecule has 0 aliphatic heterocycles. The first kappa shape index (κ1) is 17.3. The van der Waals surface area contributed by atoms with Crippen LogP contribution in [-0.4, -0.2) is 12.4 Å². The van der Waals surface area contributed by atoms with Crippen LogP contribution in [0, 0.1) is 17.3 Å². The van der Waals surface area contributed by atoms with E-state index in [2.05, 4.69) is 43.4 Å². The molecule has 4 unspecified atom stereocenters. The lowest BCUT2D eigenvalue weighted by Gasteiger charge is -2.48. The number of hydrogen-bond donors (Lipinski definition) is 0. The van der Waals surface area contributed by atoms with E-state index in [1.54, 1.807) is 0 Å². The van der Waals surface area contributed by atoms with Crippen molar-refractivity contribution in [1.82, 2.24) is 0 Å². The zero-order valence-electron chi connectivity index (χ0n) is 16.4. The predicted molar refractivity (Wildman–Crippen MR) is 108 cm³/mol. The number of aryl methyl sites for hydroxylation is 1. The molecule has 142 valence electrons. The summed E-state index contributed by atoms with van der Waals surface area (Å²) in [5, 5.41) is 0. The number of carbonyl (C=O) groups is 1. The molecule has 4 aliphatic rings. The van der Waals surface area contributed by atoms with Gasteiger partial charge in [-0.25, -0.2) is 0 Å². The zero-order chi connectivity index (χ0) is 18.4. The topological polar surface area (TPSA) is 26.3 Å². The molecule has 0 spiro atoms. The number of carbonyl (C=O) groups excluding carboxylic acids is 1. The maximum absolute atomic E-state index is 12.5. The molecule has 4 aliphatic carbocycles. The molecule has 5 rings (SSSR count). The Hall–Kier alpha value is -1.83. The van der Waals surface area contributed by atoms with Crippen LogP contribution in [0.3, 0.4) is 0 Å². The van der Waals surface area contributed by atoms with Crippen molar-refractivity contribution in [3.8, 4) is 5.75 Å². The van der Waals surface area contributed by atoms with Gasteiger partial charge in [-0.05, 0) is 91.5 Å². The SMILES string of the molecule is CC12CCC3c4ccc(OCC5=CCCC=C5)cc4CCC3C1CCC2=O. The summed E-state index contributed by atoms with van der Waals surface area (Å²) < 4.78 is 6.08. The highest BCUT2D eigenvalue weighted by molar-refractivity contribution is 5.87. The lowest BCUT2D eigenvalue weighted by molar-refractivity contribution is -0.129. The number of allylic oxidation sites excluding steroid dienone is 2. The van der Waals surface area contributed by atoms with Crippen LogP contribution in [0.2, 0.25) is 0 Å². The quantitative estimate of drug-likeness (QED) is 0.682. The summed E-state index contributed by atoms with van der Waals surface area (Å²) >= 11 is 0. The first-order valence-electron chi connectivity index (χ1n) is 10.8. The Balaban J connectivity index is 1.34. The molecule has 1 aromatic carbocycles. The second kappa shape index (κ2) is 6.65. The molecule has 0 saturated heterocycles. The van der Waals surface area contributed by atoms with Crippen molar-refractivity contribution in [1.29, 1.82) is 0 Å². The average Bonchev–Trinajstić information content (AvgIpc) is 3.01. The predicted octanol–water partition coefficient (Wildman–Crippen LogP) is 5.77. The summed E-state index contributed by atoms with van der Waals surface area (Å²) in [5.41, 5.74) is 4.28. The highest BCUT2D eigenvalue weighted by Gasteiger charge is 2.54. The molecule has 1 aromatic rings. The van der Waals surface area contributed by atoms with E-state index in [0.717, 1.165) is 44.3 Å². The van der Waals surface area contributed by atoms with Crippen molar-refractivity contribution in [2.45, 2.75) is 64.2 Å². The number of Topliss-reactive ketones (excluding diaryl/α,β-unsaturated/α-hetero) is 1. The molecule has 2 heteroatoms. The van der Waals surface area contributed by atoms with Crippen molar-refractivity contribution in [3.05, 3.63) is 53.1 Å². The minimum Gasteiger partial charge on any atom is -0.489 e. The highest BCUT2D eigenvalue weighted by Crippen LogP contribution is 2.59. The third-order valence-corrected chi connectivity index (χ3v) is 7.88. The first-order valence-corrected chi connectivity index (χ1v) is 10.8. The van der Waals surface area contributed by atoms with Gasteiger partial charge < -0.3 is 4.74 Å². The van der Waals surface area contributed by atoms with Crippen molar-refractivity contribution in [3.63, 3.8) is 0 Å². The monoisotopic (exact) mass is 362 g/mol. The molecular weight excluding hydrogens is 332 g/mol. The number of ketones is 1. The molecule has 2 nitrogen and oxygen atoms in total. The second-order valence-corrected chi connectivity index (χ2v) is 9.24. The smallest absolute Gasteiger partial charge is 0.139 e. The molecule has 0 heterocycles. The minimum absolute atomic E-state index is 0.0248. The highest BCUT2D eigenvalue weighted by atomic mass is 16.5. The number of benzene rings is 1. The third kappa shape index (κ3) is 2.88. The Bertz CT molecular complexity index is 818. The lowest BCUT2D eigenvalue weighted by atomic mass is 9.55. The van der Waals surface area contributed by atoms with E-state index in [1.165, 1.54) is 29.5 Å². The van der Waals surface area contributed by atoms with Crippen LogP contribution < -0.4 is 4.74 Å². The van der Waals surface area contributed by atoms with E-state index < -0.39 is 0 Å². The second-order valence-electron chi connectivity index (χ2n) is 9.24.